The van der Waals surface area contributed by atoms with E-state index in [1.165, 1.54) is 4.90 Å². The number of thioether (sulfide) groups is 1. The van der Waals surface area contributed by atoms with Crippen LogP contribution in [0.3, 0.4) is 0 Å². The smallest absolute Gasteiger partial charge is 0.203 e. The van der Waals surface area contributed by atoms with E-state index in [2.05, 4.69) is 46.8 Å². The molecule has 0 aliphatic carbocycles. The van der Waals surface area contributed by atoms with E-state index < -0.39 is 0 Å². The van der Waals surface area contributed by atoms with Gasteiger partial charge in [-0.05, 0) is 24.3 Å². The van der Waals surface area contributed by atoms with E-state index in [1.54, 1.807) is 28.4 Å². The highest BCUT2D eigenvalue weighted by Gasteiger charge is 2.16. The topological polar surface area (TPSA) is 64.1 Å². The highest BCUT2D eigenvalue weighted by molar-refractivity contribution is 8.00. The van der Waals surface area contributed by atoms with Crippen molar-refractivity contribution >= 4 is 17.7 Å². The molecule has 2 N–H and O–H groups in total. The summed E-state index contributed by atoms with van der Waals surface area (Å²) in [6.07, 6.45) is 0. The molecule has 0 aromatic heterocycles. The van der Waals surface area contributed by atoms with Gasteiger partial charge in [-0.3, -0.25) is 4.99 Å². The van der Waals surface area contributed by atoms with Crippen molar-refractivity contribution in [3.05, 3.63) is 48.0 Å². The molecule has 0 amide bonds. The van der Waals surface area contributed by atoms with Crippen LogP contribution in [0.15, 0.2) is 52.4 Å². The SMILES string of the molecule is CN=C(NCc1ccc(OC)c(OC)c1OC)NCC(C)Sc1ccccc1. The van der Waals surface area contributed by atoms with Gasteiger partial charge in [0.1, 0.15) is 0 Å². The summed E-state index contributed by atoms with van der Waals surface area (Å²) in [5.74, 6) is 2.60. The fourth-order valence-corrected chi connectivity index (χ4v) is 3.66. The molecule has 28 heavy (non-hydrogen) atoms. The molecule has 0 radical (unpaired) electrons. The molecule has 2 rings (SSSR count). The summed E-state index contributed by atoms with van der Waals surface area (Å²) in [7, 11) is 6.59. The van der Waals surface area contributed by atoms with Gasteiger partial charge in [-0.1, -0.05) is 25.1 Å². The lowest BCUT2D eigenvalue weighted by atomic mass is 10.1. The van der Waals surface area contributed by atoms with Gasteiger partial charge in [0.15, 0.2) is 17.5 Å². The van der Waals surface area contributed by atoms with Crippen LogP contribution in [0.25, 0.3) is 0 Å². The number of aliphatic imine (C=N–C) groups is 1. The third-order valence-electron chi connectivity index (χ3n) is 4.09. The molecule has 0 spiro atoms. The number of benzene rings is 2. The van der Waals surface area contributed by atoms with Crippen LogP contribution in [0.4, 0.5) is 0 Å². The molecule has 7 heteroatoms. The molecule has 152 valence electrons. The zero-order chi connectivity index (χ0) is 20.4. The number of ether oxygens (including phenoxy) is 3. The van der Waals surface area contributed by atoms with E-state index in [4.69, 9.17) is 14.2 Å². The van der Waals surface area contributed by atoms with Crippen LogP contribution < -0.4 is 24.8 Å². The van der Waals surface area contributed by atoms with Crippen molar-refractivity contribution < 1.29 is 14.2 Å². The third kappa shape index (κ3) is 5.99. The minimum atomic E-state index is 0.400. The van der Waals surface area contributed by atoms with Gasteiger partial charge in [0, 0.05) is 35.8 Å². The number of rotatable bonds is 9. The molecule has 0 saturated carbocycles. The maximum absolute atomic E-state index is 5.53. The number of nitrogens with zero attached hydrogens (tertiary/aromatic N) is 1. The number of hydrogen-bond donors (Lipinski definition) is 2. The lowest BCUT2D eigenvalue weighted by molar-refractivity contribution is 0.322. The average molecular weight is 404 g/mol. The van der Waals surface area contributed by atoms with Gasteiger partial charge in [-0.15, -0.1) is 11.8 Å². The van der Waals surface area contributed by atoms with E-state index in [0.29, 0.717) is 29.0 Å². The predicted molar refractivity (Wildman–Crippen MR) is 116 cm³/mol. The van der Waals surface area contributed by atoms with E-state index >= 15 is 0 Å². The Morgan fingerprint density at radius 2 is 1.68 bits per heavy atom. The summed E-state index contributed by atoms with van der Waals surface area (Å²) < 4.78 is 16.3. The fraction of sp³-hybridized carbons (Fsp3) is 0.381. The molecule has 0 saturated heterocycles. The molecule has 2 aromatic carbocycles. The van der Waals surface area contributed by atoms with Crippen molar-refractivity contribution in [2.24, 2.45) is 4.99 Å². The zero-order valence-electron chi connectivity index (χ0n) is 17.1. The van der Waals surface area contributed by atoms with Crippen molar-refractivity contribution in [1.82, 2.24) is 10.6 Å². The third-order valence-corrected chi connectivity index (χ3v) is 5.21. The largest absolute Gasteiger partial charge is 0.493 e. The van der Waals surface area contributed by atoms with Crippen LogP contribution in [0.1, 0.15) is 12.5 Å². The molecule has 1 atom stereocenters. The van der Waals surface area contributed by atoms with Crippen molar-refractivity contribution in [3.8, 4) is 17.2 Å². The number of hydrogen-bond acceptors (Lipinski definition) is 5. The Balaban J connectivity index is 1.93. The minimum absolute atomic E-state index is 0.400. The first kappa shape index (κ1) is 21.8. The van der Waals surface area contributed by atoms with Gasteiger partial charge >= 0.3 is 0 Å². The molecular formula is C21H29N3O3S. The molecule has 0 aliphatic rings. The normalized spacial score (nSPS) is 12.2. The number of nitrogens with one attached hydrogen (secondary N) is 2. The summed E-state index contributed by atoms with van der Waals surface area (Å²) >= 11 is 1.83. The highest BCUT2D eigenvalue weighted by Crippen LogP contribution is 2.39. The summed E-state index contributed by atoms with van der Waals surface area (Å²) in [4.78, 5) is 5.56. The first-order valence-electron chi connectivity index (χ1n) is 9.07. The molecule has 6 nitrogen and oxygen atoms in total. The van der Waals surface area contributed by atoms with Gasteiger partial charge in [0.05, 0.1) is 21.3 Å². The molecule has 2 aromatic rings. The van der Waals surface area contributed by atoms with E-state index in [1.807, 2.05) is 30.0 Å². The van der Waals surface area contributed by atoms with Gasteiger partial charge in [-0.2, -0.15) is 0 Å². The lowest BCUT2D eigenvalue weighted by Gasteiger charge is -2.18. The predicted octanol–water partition coefficient (Wildman–Crippen LogP) is 3.56. The van der Waals surface area contributed by atoms with Crippen LogP contribution >= 0.6 is 11.8 Å². The van der Waals surface area contributed by atoms with Crippen molar-refractivity contribution in [2.45, 2.75) is 23.6 Å². The van der Waals surface area contributed by atoms with Crippen molar-refractivity contribution in [1.29, 1.82) is 0 Å². The standard InChI is InChI=1S/C21H29N3O3S/c1-15(28-17-9-7-6-8-10-17)13-23-21(22-2)24-14-16-11-12-18(25-3)20(27-5)19(16)26-4/h6-12,15H,13-14H2,1-5H3,(H2,22,23,24). The van der Waals surface area contributed by atoms with Crippen LogP contribution in [-0.4, -0.2) is 46.1 Å². The van der Waals surface area contributed by atoms with Gasteiger partial charge in [0.2, 0.25) is 5.75 Å². The minimum Gasteiger partial charge on any atom is -0.493 e. The van der Waals surface area contributed by atoms with Crippen molar-refractivity contribution in [3.63, 3.8) is 0 Å². The van der Waals surface area contributed by atoms with E-state index in [-0.39, 0.29) is 0 Å². The van der Waals surface area contributed by atoms with Crippen LogP contribution in [-0.2, 0) is 6.54 Å². The van der Waals surface area contributed by atoms with Crippen LogP contribution in [0.5, 0.6) is 17.2 Å². The Kier molecular flexibility index (Phi) is 8.81. The molecule has 0 fully saturated rings. The van der Waals surface area contributed by atoms with Crippen LogP contribution in [0, 0.1) is 0 Å². The summed E-state index contributed by atoms with van der Waals surface area (Å²) in [5.41, 5.74) is 0.954. The Labute approximate surface area is 171 Å². The first-order valence-corrected chi connectivity index (χ1v) is 9.95. The van der Waals surface area contributed by atoms with Crippen molar-refractivity contribution in [2.75, 3.05) is 34.9 Å². The number of guanidine groups is 1. The molecule has 0 heterocycles. The quantitative estimate of drug-likeness (QED) is 0.379. The Bertz CT molecular complexity index is 769. The second-order valence-electron chi connectivity index (χ2n) is 6.04. The zero-order valence-corrected chi connectivity index (χ0v) is 17.9. The van der Waals surface area contributed by atoms with Gasteiger partial charge < -0.3 is 24.8 Å². The fourth-order valence-electron chi connectivity index (χ4n) is 2.72. The average Bonchev–Trinajstić information content (AvgIpc) is 2.73. The maximum atomic E-state index is 5.53. The lowest BCUT2D eigenvalue weighted by Crippen LogP contribution is -2.39. The Hall–Kier alpha value is -2.54. The molecule has 0 aliphatic heterocycles. The molecular weight excluding hydrogens is 374 g/mol. The second-order valence-corrected chi connectivity index (χ2v) is 7.55. The Morgan fingerprint density at radius 3 is 2.29 bits per heavy atom. The van der Waals surface area contributed by atoms with Crippen LogP contribution in [0.2, 0.25) is 0 Å². The summed E-state index contributed by atoms with van der Waals surface area (Å²) in [6, 6.07) is 14.2. The summed E-state index contributed by atoms with van der Waals surface area (Å²) in [5, 5.41) is 7.09. The van der Waals surface area contributed by atoms with E-state index in [9.17, 15) is 0 Å². The first-order chi connectivity index (χ1) is 13.6. The summed E-state index contributed by atoms with van der Waals surface area (Å²) in [6.45, 7) is 3.53. The molecule has 1 unspecified atom stereocenters. The highest BCUT2D eigenvalue weighted by atomic mass is 32.2. The maximum Gasteiger partial charge on any atom is 0.203 e. The monoisotopic (exact) mass is 403 g/mol. The number of methoxy groups -OCH3 is 3. The second kappa shape index (κ2) is 11.3. The Morgan fingerprint density at radius 1 is 0.964 bits per heavy atom. The van der Waals surface area contributed by atoms with Gasteiger partial charge in [-0.25, -0.2) is 0 Å². The van der Waals surface area contributed by atoms with Gasteiger partial charge in [0.25, 0.3) is 0 Å². The van der Waals surface area contributed by atoms with E-state index in [0.717, 1.165) is 18.1 Å². The molecule has 0 bridgehead atoms.